The van der Waals surface area contributed by atoms with Crippen LogP contribution in [0, 0.1) is 11.8 Å². The van der Waals surface area contributed by atoms with Gasteiger partial charge in [-0.25, -0.2) is 0 Å². The molecular weight excluding hydrogens is 284 g/mol. The highest BCUT2D eigenvalue weighted by Gasteiger charge is 2.20. The van der Waals surface area contributed by atoms with E-state index in [1.165, 1.54) is 11.3 Å². The summed E-state index contributed by atoms with van der Waals surface area (Å²) in [6.07, 6.45) is 2.03. The lowest BCUT2D eigenvalue weighted by Gasteiger charge is -2.23. The molecule has 0 aromatic carbocycles. The van der Waals surface area contributed by atoms with E-state index in [1.54, 1.807) is 0 Å². The van der Waals surface area contributed by atoms with E-state index in [-0.39, 0.29) is 5.91 Å². The summed E-state index contributed by atoms with van der Waals surface area (Å²) in [5, 5.41) is 12.3. The van der Waals surface area contributed by atoms with Crippen LogP contribution < -0.4 is 5.32 Å². The van der Waals surface area contributed by atoms with Crippen LogP contribution in [0.25, 0.3) is 0 Å². The number of nitrogens with zero attached hydrogens (tertiary/aromatic N) is 3. The zero-order valence-corrected chi connectivity index (χ0v) is 14.7. The number of carbonyl (C=O) groups excluding carboxylic acids is 1. The predicted molar refractivity (Wildman–Crippen MR) is 88.9 cm³/mol. The first-order valence-electron chi connectivity index (χ1n) is 7.80. The number of nitrogens with one attached hydrogen (secondary N) is 1. The molecule has 5 nitrogen and oxygen atoms in total. The molecule has 0 spiro atoms. The first kappa shape index (κ1) is 17.9. The van der Waals surface area contributed by atoms with Crippen molar-refractivity contribution in [1.82, 2.24) is 15.1 Å². The van der Waals surface area contributed by atoms with Crippen LogP contribution in [0.5, 0.6) is 0 Å². The minimum atomic E-state index is 0.0120. The summed E-state index contributed by atoms with van der Waals surface area (Å²) >= 11 is 1.34. The minimum absolute atomic E-state index is 0.0120. The Labute approximate surface area is 132 Å². The monoisotopic (exact) mass is 312 g/mol. The molecule has 0 aliphatic heterocycles. The molecule has 0 saturated carbocycles. The quantitative estimate of drug-likeness (QED) is 0.758. The van der Waals surface area contributed by atoms with Crippen LogP contribution >= 0.6 is 11.3 Å². The summed E-state index contributed by atoms with van der Waals surface area (Å²) in [5.41, 5.74) is 0. The minimum Gasteiger partial charge on any atom is -0.360 e. The van der Waals surface area contributed by atoms with Gasteiger partial charge in [-0.2, -0.15) is 0 Å². The lowest BCUT2D eigenvalue weighted by molar-refractivity contribution is 0.0739. The van der Waals surface area contributed by atoms with E-state index in [0.29, 0.717) is 22.0 Å². The molecule has 0 bridgehead atoms. The van der Waals surface area contributed by atoms with Crippen LogP contribution in [0.15, 0.2) is 0 Å². The Morgan fingerprint density at radius 3 is 2.19 bits per heavy atom. The SMILES string of the molecule is CCNc1nnc(C(=O)N(CCC(C)C)CCC(C)C)s1. The zero-order valence-electron chi connectivity index (χ0n) is 13.8. The molecule has 0 radical (unpaired) electrons. The van der Waals surface area contributed by atoms with E-state index in [9.17, 15) is 4.79 Å². The van der Waals surface area contributed by atoms with Crippen molar-refractivity contribution in [2.45, 2.75) is 47.5 Å². The van der Waals surface area contributed by atoms with Gasteiger partial charge in [0.2, 0.25) is 10.1 Å². The molecule has 0 saturated heterocycles. The Kier molecular flexibility index (Phi) is 7.64. The second-order valence-electron chi connectivity index (χ2n) is 6.10. The summed E-state index contributed by atoms with van der Waals surface area (Å²) < 4.78 is 0. The molecule has 1 aromatic heterocycles. The van der Waals surface area contributed by atoms with Crippen LogP contribution in [-0.4, -0.2) is 40.6 Å². The molecule has 0 atom stereocenters. The molecule has 21 heavy (non-hydrogen) atoms. The fourth-order valence-corrected chi connectivity index (χ4v) is 2.59. The van der Waals surface area contributed by atoms with Crippen molar-refractivity contribution in [3.63, 3.8) is 0 Å². The summed E-state index contributed by atoms with van der Waals surface area (Å²) in [7, 11) is 0. The van der Waals surface area contributed by atoms with E-state index in [0.717, 1.165) is 32.5 Å². The van der Waals surface area contributed by atoms with Gasteiger partial charge in [0.15, 0.2) is 0 Å². The van der Waals surface area contributed by atoms with E-state index in [1.807, 2.05) is 11.8 Å². The van der Waals surface area contributed by atoms with E-state index in [4.69, 9.17) is 0 Å². The largest absolute Gasteiger partial charge is 0.360 e. The molecule has 0 aliphatic rings. The number of rotatable bonds is 9. The maximum absolute atomic E-state index is 12.6. The number of anilines is 1. The lowest BCUT2D eigenvalue weighted by atomic mass is 10.1. The number of aromatic nitrogens is 2. The van der Waals surface area contributed by atoms with Gasteiger partial charge in [-0.15, -0.1) is 10.2 Å². The van der Waals surface area contributed by atoms with Crippen LogP contribution in [0.1, 0.15) is 57.3 Å². The number of hydrogen-bond donors (Lipinski definition) is 1. The van der Waals surface area contributed by atoms with Gasteiger partial charge in [0, 0.05) is 19.6 Å². The summed E-state index contributed by atoms with van der Waals surface area (Å²) in [6.45, 7) is 13.1. The average Bonchev–Trinajstić information content (AvgIpc) is 2.86. The van der Waals surface area contributed by atoms with Gasteiger partial charge in [-0.3, -0.25) is 4.79 Å². The molecule has 0 unspecified atom stereocenters. The van der Waals surface area contributed by atoms with Gasteiger partial charge < -0.3 is 10.2 Å². The second-order valence-corrected chi connectivity index (χ2v) is 7.08. The van der Waals surface area contributed by atoms with Crippen molar-refractivity contribution < 1.29 is 4.79 Å². The predicted octanol–water partition coefficient (Wildman–Crippen LogP) is 3.50. The first-order chi connectivity index (χ1) is 9.93. The number of amides is 1. The topological polar surface area (TPSA) is 58.1 Å². The Balaban J connectivity index is 2.71. The van der Waals surface area contributed by atoms with Gasteiger partial charge >= 0.3 is 0 Å². The molecule has 6 heteroatoms. The van der Waals surface area contributed by atoms with E-state index >= 15 is 0 Å². The molecule has 0 aliphatic carbocycles. The fraction of sp³-hybridized carbons (Fsp3) is 0.800. The summed E-state index contributed by atoms with van der Waals surface area (Å²) in [6, 6.07) is 0. The van der Waals surface area contributed by atoms with Crippen molar-refractivity contribution in [3.05, 3.63) is 5.01 Å². The third-order valence-corrected chi connectivity index (χ3v) is 4.04. The highest BCUT2D eigenvalue weighted by Crippen LogP contribution is 2.18. The van der Waals surface area contributed by atoms with Gasteiger partial charge in [-0.05, 0) is 31.6 Å². The second kappa shape index (κ2) is 8.97. The molecule has 1 aromatic rings. The van der Waals surface area contributed by atoms with Crippen molar-refractivity contribution >= 4 is 22.4 Å². The van der Waals surface area contributed by atoms with Crippen LogP contribution in [0.3, 0.4) is 0 Å². The Hall–Kier alpha value is -1.17. The molecule has 1 N–H and O–H groups in total. The lowest BCUT2D eigenvalue weighted by Crippen LogP contribution is -2.34. The molecular formula is C15H28N4OS. The molecule has 0 fully saturated rings. The maximum Gasteiger partial charge on any atom is 0.284 e. The Bertz CT molecular complexity index is 419. The molecule has 1 heterocycles. The van der Waals surface area contributed by atoms with Crippen LogP contribution in [-0.2, 0) is 0 Å². The molecule has 1 rings (SSSR count). The Morgan fingerprint density at radius 2 is 1.71 bits per heavy atom. The highest BCUT2D eigenvalue weighted by atomic mass is 32.1. The van der Waals surface area contributed by atoms with Crippen molar-refractivity contribution in [2.24, 2.45) is 11.8 Å². The first-order valence-corrected chi connectivity index (χ1v) is 8.62. The number of hydrogen-bond acceptors (Lipinski definition) is 5. The third-order valence-electron chi connectivity index (χ3n) is 3.18. The van der Waals surface area contributed by atoms with Crippen molar-refractivity contribution in [3.8, 4) is 0 Å². The van der Waals surface area contributed by atoms with Gasteiger partial charge in [0.25, 0.3) is 5.91 Å². The number of carbonyl (C=O) groups is 1. The Morgan fingerprint density at radius 1 is 1.14 bits per heavy atom. The molecule has 120 valence electrons. The van der Waals surface area contributed by atoms with Gasteiger partial charge in [0.05, 0.1) is 0 Å². The van der Waals surface area contributed by atoms with Crippen molar-refractivity contribution in [2.75, 3.05) is 25.0 Å². The van der Waals surface area contributed by atoms with Crippen LogP contribution in [0.2, 0.25) is 0 Å². The van der Waals surface area contributed by atoms with Gasteiger partial charge in [0.1, 0.15) is 0 Å². The highest BCUT2D eigenvalue weighted by molar-refractivity contribution is 7.17. The average molecular weight is 312 g/mol. The smallest absolute Gasteiger partial charge is 0.284 e. The maximum atomic E-state index is 12.6. The standard InChI is InChI=1S/C15H28N4OS/c1-6-16-15-18-17-13(21-15)14(20)19(9-7-11(2)3)10-8-12(4)5/h11-12H,6-10H2,1-5H3,(H,16,18). The fourth-order valence-electron chi connectivity index (χ4n) is 1.81. The summed E-state index contributed by atoms with van der Waals surface area (Å²) in [4.78, 5) is 14.5. The van der Waals surface area contributed by atoms with Crippen molar-refractivity contribution in [1.29, 1.82) is 0 Å². The van der Waals surface area contributed by atoms with Gasteiger partial charge in [-0.1, -0.05) is 39.0 Å². The van der Waals surface area contributed by atoms with Crippen LogP contribution in [0.4, 0.5) is 5.13 Å². The zero-order chi connectivity index (χ0) is 15.8. The summed E-state index contributed by atoms with van der Waals surface area (Å²) in [5.74, 6) is 1.19. The molecule has 1 amide bonds. The normalized spacial score (nSPS) is 11.2. The van der Waals surface area contributed by atoms with E-state index < -0.39 is 0 Å². The van der Waals surface area contributed by atoms with E-state index in [2.05, 4.69) is 43.2 Å². The third kappa shape index (κ3) is 6.42.